The van der Waals surface area contributed by atoms with Gasteiger partial charge in [-0.2, -0.15) is 0 Å². The van der Waals surface area contributed by atoms with Crippen LogP contribution in [-0.4, -0.2) is 16.2 Å². The van der Waals surface area contributed by atoms with E-state index < -0.39 is 29.3 Å². The number of carbonyl (C=O) groups is 1. The first-order valence-corrected chi connectivity index (χ1v) is 7.08. The van der Waals surface area contributed by atoms with Crippen LogP contribution in [0.25, 0.3) is 0 Å². The van der Waals surface area contributed by atoms with Gasteiger partial charge < -0.3 is 10.2 Å². The summed E-state index contributed by atoms with van der Waals surface area (Å²) < 4.78 is 27.2. The molecule has 3 nitrogen and oxygen atoms in total. The molecular weight excluding hydrogens is 354 g/mol. The summed E-state index contributed by atoms with van der Waals surface area (Å²) in [6.45, 7) is 1.74. The molecular formula is C13H9BrF2O3S. The number of aliphatic hydroxyl groups is 1. The Morgan fingerprint density at radius 1 is 1.25 bits per heavy atom. The highest BCUT2D eigenvalue weighted by molar-refractivity contribution is 9.11. The van der Waals surface area contributed by atoms with E-state index in [9.17, 15) is 18.7 Å². The minimum Gasteiger partial charge on any atom is -0.478 e. The lowest BCUT2D eigenvalue weighted by atomic mass is 9.97. The van der Waals surface area contributed by atoms with E-state index >= 15 is 0 Å². The largest absolute Gasteiger partial charge is 0.478 e. The van der Waals surface area contributed by atoms with E-state index in [0.29, 0.717) is 17.7 Å². The smallest absolute Gasteiger partial charge is 0.336 e. The molecule has 1 heterocycles. The predicted octanol–water partition coefficient (Wildman–Crippen LogP) is 3.88. The topological polar surface area (TPSA) is 57.5 Å². The monoisotopic (exact) mass is 362 g/mol. The second-order valence-corrected chi connectivity index (χ2v) is 6.76. The summed E-state index contributed by atoms with van der Waals surface area (Å²) in [6, 6.07) is 2.92. The van der Waals surface area contributed by atoms with Crippen LogP contribution in [0.4, 0.5) is 8.78 Å². The van der Waals surface area contributed by atoms with Gasteiger partial charge in [-0.05, 0) is 46.6 Å². The van der Waals surface area contributed by atoms with Crippen molar-refractivity contribution in [3.05, 3.63) is 55.2 Å². The summed E-state index contributed by atoms with van der Waals surface area (Å²) in [7, 11) is 0. The van der Waals surface area contributed by atoms with Gasteiger partial charge in [0.15, 0.2) is 11.6 Å². The quantitative estimate of drug-likeness (QED) is 0.870. The number of aromatic carboxylic acids is 1. The maximum atomic E-state index is 13.3. The fourth-order valence-electron chi connectivity index (χ4n) is 1.87. The van der Waals surface area contributed by atoms with Gasteiger partial charge in [-0.1, -0.05) is 0 Å². The van der Waals surface area contributed by atoms with Crippen molar-refractivity contribution >= 4 is 33.2 Å². The minimum absolute atomic E-state index is 0.176. The number of benzene rings is 1. The third-order valence-electron chi connectivity index (χ3n) is 2.84. The van der Waals surface area contributed by atoms with Crippen LogP contribution in [0.3, 0.4) is 0 Å². The number of thiophene rings is 1. The number of hydrogen-bond acceptors (Lipinski definition) is 3. The first kappa shape index (κ1) is 15.1. The highest BCUT2D eigenvalue weighted by Crippen LogP contribution is 2.35. The van der Waals surface area contributed by atoms with Gasteiger partial charge in [-0.25, -0.2) is 13.6 Å². The average molecular weight is 363 g/mol. The van der Waals surface area contributed by atoms with Crippen molar-refractivity contribution in [3.63, 3.8) is 0 Å². The van der Waals surface area contributed by atoms with E-state index in [1.807, 2.05) is 0 Å². The molecule has 2 rings (SSSR count). The Labute approximate surface area is 125 Å². The van der Waals surface area contributed by atoms with Gasteiger partial charge in [0, 0.05) is 10.4 Å². The van der Waals surface area contributed by atoms with Crippen molar-refractivity contribution in [1.82, 2.24) is 0 Å². The molecule has 0 aliphatic rings. The van der Waals surface area contributed by atoms with Crippen molar-refractivity contribution in [2.24, 2.45) is 0 Å². The van der Waals surface area contributed by atoms with Crippen molar-refractivity contribution in [1.29, 1.82) is 0 Å². The summed E-state index contributed by atoms with van der Waals surface area (Å²) in [5.41, 5.74) is -0.182. The zero-order chi connectivity index (χ0) is 15.0. The molecule has 1 aromatic heterocycles. The van der Waals surface area contributed by atoms with Crippen LogP contribution in [0.1, 0.15) is 32.5 Å². The van der Waals surface area contributed by atoms with Gasteiger partial charge in [0.2, 0.25) is 0 Å². The maximum absolute atomic E-state index is 13.3. The molecule has 20 heavy (non-hydrogen) atoms. The molecule has 0 saturated heterocycles. The Hall–Kier alpha value is -1.31. The lowest BCUT2D eigenvalue weighted by Gasteiger charge is -2.14. The average Bonchev–Trinajstić information content (AvgIpc) is 2.70. The van der Waals surface area contributed by atoms with Gasteiger partial charge in [0.1, 0.15) is 6.10 Å². The highest BCUT2D eigenvalue weighted by atomic mass is 79.9. The van der Waals surface area contributed by atoms with Crippen LogP contribution in [0.2, 0.25) is 0 Å². The van der Waals surface area contributed by atoms with Gasteiger partial charge in [-0.3, -0.25) is 0 Å². The second-order valence-electron chi connectivity index (χ2n) is 4.12. The van der Waals surface area contributed by atoms with Gasteiger partial charge in [-0.15, -0.1) is 11.3 Å². The number of carboxylic acids is 1. The van der Waals surface area contributed by atoms with Crippen LogP contribution in [0.5, 0.6) is 0 Å². The molecule has 0 aliphatic carbocycles. The standard InChI is InChI=1S/C13H9BrF2O3S/c1-5-6(4-11(14)20-5)12(17)7-2-9(15)10(16)3-8(7)13(18)19/h2-4,12,17H,1H3,(H,18,19). The number of carboxylic acid groups (broad SMARTS) is 1. The van der Waals surface area contributed by atoms with E-state index in [1.165, 1.54) is 11.3 Å². The van der Waals surface area contributed by atoms with Gasteiger partial charge >= 0.3 is 5.97 Å². The van der Waals surface area contributed by atoms with Crippen LogP contribution >= 0.6 is 27.3 Å². The molecule has 0 amide bonds. The molecule has 2 N–H and O–H groups in total. The third kappa shape index (κ3) is 2.74. The lowest BCUT2D eigenvalue weighted by molar-refractivity contribution is 0.0690. The second kappa shape index (κ2) is 5.59. The van der Waals surface area contributed by atoms with Crippen LogP contribution in [0.15, 0.2) is 22.0 Å². The number of rotatable bonds is 3. The Kier molecular flexibility index (Phi) is 4.22. The first-order chi connectivity index (χ1) is 9.31. The summed E-state index contributed by atoms with van der Waals surface area (Å²) in [5.74, 6) is -3.89. The Morgan fingerprint density at radius 3 is 2.35 bits per heavy atom. The number of aryl methyl sites for hydroxylation is 1. The van der Waals surface area contributed by atoms with Crippen molar-refractivity contribution in [2.75, 3.05) is 0 Å². The Balaban J connectivity index is 2.59. The fraction of sp³-hybridized carbons (Fsp3) is 0.154. The number of halogens is 3. The lowest BCUT2D eigenvalue weighted by Crippen LogP contribution is -2.10. The third-order valence-corrected chi connectivity index (χ3v) is 4.41. The summed E-state index contributed by atoms with van der Waals surface area (Å²) in [5, 5.41) is 19.3. The predicted molar refractivity (Wildman–Crippen MR) is 74.1 cm³/mol. The molecule has 1 unspecified atom stereocenters. The van der Waals surface area contributed by atoms with E-state index in [1.54, 1.807) is 13.0 Å². The van der Waals surface area contributed by atoms with Crippen LogP contribution in [-0.2, 0) is 0 Å². The maximum Gasteiger partial charge on any atom is 0.336 e. The normalized spacial score (nSPS) is 12.4. The SMILES string of the molecule is Cc1sc(Br)cc1C(O)c1cc(F)c(F)cc1C(=O)O. The number of aliphatic hydroxyl groups excluding tert-OH is 1. The molecule has 2 aromatic rings. The summed E-state index contributed by atoms with van der Waals surface area (Å²) >= 11 is 4.61. The summed E-state index contributed by atoms with van der Waals surface area (Å²) in [4.78, 5) is 11.9. The summed E-state index contributed by atoms with van der Waals surface area (Å²) in [6.07, 6.45) is -1.33. The van der Waals surface area contributed by atoms with Crippen molar-refractivity contribution in [2.45, 2.75) is 13.0 Å². The fourth-order valence-corrected chi connectivity index (χ4v) is 3.61. The van der Waals surface area contributed by atoms with E-state index in [-0.39, 0.29) is 5.56 Å². The Morgan fingerprint density at radius 2 is 1.85 bits per heavy atom. The molecule has 0 radical (unpaired) electrons. The van der Waals surface area contributed by atoms with Gasteiger partial charge in [0.25, 0.3) is 0 Å². The zero-order valence-corrected chi connectivity index (χ0v) is 12.6. The Bertz CT molecular complexity index is 684. The molecule has 1 atom stereocenters. The molecule has 0 aliphatic heterocycles. The van der Waals surface area contributed by atoms with Crippen LogP contribution < -0.4 is 0 Å². The molecule has 0 bridgehead atoms. The van der Waals surface area contributed by atoms with E-state index in [2.05, 4.69) is 15.9 Å². The molecule has 7 heteroatoms. The van der Waals surface area contributed by atoms with Crippen LogP contribution in [0, 0.1) is 18.6 Å². The van der Waals surface area contributed by atoms with E-state index in [0.717, 1.165) is 8.66 Å². The number of hydrogen-bond donors (Lipinski definition) is 2. The van der Waals surface area contributed by atoms with Gasteiger partial charge in [0.05, 0.1) is 9.35 Å². The zero-order valence-electron chi connectivity index (χ0n) is 10.2. The molecule has 1 aromatic carbocycles. The molecule has 106 valence electrons. The van der Waals surface area contributed by atoms with E-state index in [4.69, 9.17) is 5.11 Å². The molecule has 0 saturated carbocycles. The van der Waals surface area contributed by atoms with Crippen molar-refractivity contribution < 1.29 is 23.8 Å². The minimum atomic E-state index is -1.43. The molecule has 0 spiro atoms. The highest BCUT2D eigenvalue weighted by Gasteiger charge is 2.24. The molecule has 0 fully saturated rings. The van der Waals surface area contributed by atoms with Crippen molar-refractivity contribution in [3.8, 4) is 0 Å². The first-order valence-electron chi connectivity index (χ1n) is 5.47.